The number of benzene rings is 1. The lowest BCUT2D eigenvalue weighted by atomic mass is 10.1. The van der Waals surface area contributed by atoms with Gasteiger partial charge in [-0.1, -0.05) is 23.2 Å². The predicted molar refractivity (Wildman–Crippen MR) is 51.5 cm³/mol. The lowest BCUT2D eigenvalue weighted by Crippen LogP contribution is -1.79. The molecule has 0 saturated carbocycles. The van der Waals surface area contributed by atoms with Crippen LogP contribution in [0.5, 0.6) is 0 Å². The Hall–Kier alpha value is -1.08. The quantitative estimate of drug-likeness (QED) is 0.564. The highest BCUT2D eigenvalue weighted by molar-refractivity contribution is 6.29. The van der Waals surface area contributed by atoms with Gasteiger partial charge in [-0.2, -0.15) is 0 Å². The van der Waals surface area contributed by atoms with Crippen molar-refractivity contribution in [3.63, 3.8) is 0 Å². The van der Waals surface area contributed by atoms with Gasteiger partial charge >= 0.3 is 0 Å². The standard InChI is InChI=1S/C10H8ClN/c1-7-2-4-9-8(6-7)3-5-10(11)12-9/h2-6H,1H3. The van der Waals surface area contributed by atoms with Crippen molar-refractivity contribution in [2.24, 2.45) is 0 Å². The van der Waals surface area contributed by atoms with E-state index in [-0.39, 0.29) is 0 Å². The third kappa shape index (κ3) is 1.28. The van der Waals surface area contributed by atoms with Crippen molar-refractivity contribution in [2.45, 2.75) is 6.92 Å². The molecule has 60 valence electrons. The van der Waals surface area contributed by atoms with Crippen LogP contribution in [0.15, 0.2) is 30.3 Å². The molecule has 2 heteroatoms. The molecule has 12 heavy (non-hydrogen) atoms. The number of rotatable bonds is 0. The van der Waals surface area contributed by atoms with Gasteiger partial charge in [-0.15, -0.1) is 0 Å². The molecule has 0 bridgehead atoms. The number of aryl methyl sites for hydroxylation is 1. The minimum absolute atomic E-state index is 0.548. The largest absolute Gasteiger partial charge is 0.236 e. The number of hydrogen-bond acceptors (Lipinski definition) is 1. The van der Waals surface area contributed by atoms with Crippen LogP contribution in [-0.4, -0.2) is 4.98 Å². The Balaban J connectivity index is 2.79. The van der Waals surface area contributed by atoms with Crippen LogP contribution in [-0.2, 0) is 0 Å². The maximum atomic E-state index is 5.75. The Labute approximate surface area is 76.0 Å². The number of aromatic nitrogens is 1. The first-order valence-electron chi connectivity index (χ1n) is 3.78. The summed E-state index contributed by atoms with van der Waals surface area (Å²) >= 11 is 5.75. The molecule has 0 aliphatic heterocycles. The number of pyridine rings is 1. The summed E-state index contributed by atoms with van der Waals surface area (Å²) < 4.78 is 0. The maximum Gasteiger partial charge on any atom is 0.129 e. The molecule has 1 aromatic carbocycles. The molecule has 0 unspecified atom stereocenters. The molecule has 1 nitrogen and oxygen atoms in total. The van der Waals surface area contributed by atoms with Crippen LogP contribution in [0.1, 0.15) is 5.56 Å². The number of hydrogen-bond donors (Lipinski definition) is 0. The van der Waals surface area contributed by atoms with Crippen LogP contribution < -0.4 is 0 Å². The molecule has 0 spiro atoms. The molecule has 0 fully saturated rings. The fourth-order valence-electron chi connectivity index (χ4n) is 1.22. The Bertz CT molecular complexity index is 382. The van der Waals surface area contributed by atoms with E-state index in [1.165, 1.54) is 5.56 Å². The summed E-state index contributed by atoms with van der Waals surface area (Å²) in [4.78, 5) is 4.18. The van der Waals surface area contributed by atoms with Crippen LogP contribution in [0, 0.1) is 6.92 Å². The second kappa shape index (κ2) is 2.76. The number of nitrogens with zero attached hydrogens (tertiary/aromatic N) is 1. The van der Waals surface area contributed by atoms with Crippen LogP contribution in [0.3, 0.4) is 0 Å². The van der Waals surface area contributed by atoms with E-state index in [1.54, 1.807) is 0 Å². The van der Waals surface area contributed by atoms with Crippen molar-refractivity contribution in [2.75, 3.05) is 0 Å². The minimum Gasteiger partial charge on any atom is -0.236 e. The second-order valence-electron chi connectivity index (χ2n) is 2.83. The molecule has 0 amide bonds. The summed E-state index contributed by atoms with van der Waals surface area (Å²) in [5.74, 6) is 0. The first-order valence-corrected chi connectivity index (χ1v) is 4.16. The minimum atomic E-state index is 0.548. The molecule has 0 aliphatic carbocycles. The van der Waals surface area contributed by atoms with Crippen molar-refractivity contribution >= 4 is 22.5 Å². The smallest absolute Gasteiger partial charge is 0.129 e. The highest BCUT2D eigenvalue weighted by atomic mass is 35.5. The van der Waals surface area contributed by atoms with Crippen LogP contribution in [0.4, 0.5) is 0 Å². The molecule has 0 N–H and O–H groups in total. The summed E-state index contributed by atoms with van der Waals surface area (Å²) in [7, 11) is 0. The number of halogens is 1. The molecule has 0 aliphatic rings. The average molecular weight is 178 g/mol. The van der Waals surface area contributed by atoms with Gasteiger partial charge in [0.2, 0.25) is 0 Å². The zero-order chi connectivity index (χ0) is 8.55. The summed E-state index contributed by atoms with van der Waals surface area (Å²) in [5.41, 5.74) is 2.19. The van der Waals surface area contributed by atoms with Gasteiger partial charge in [0.15, 0.2) is 0 Å². The van der Waals surface area contributed by atoms with Crippen LogP contribution in [0.25, 0.3) is 10.9 Å². The lowest BCUT2D eigenvalue weighted by Gasteiger charge is -1.98. The summed E-state index contributed by atoms with van der Waals surface area (Å²) in [6.07, 6.45) is 0. The van der Waals surface area contributed by atoms with Crippen LogP contribution in [0.2, 0.25) is 5.15 Å². The third-order valence-electron chi connectivity index (χ3n) is 1.81. The van der Waals surface area contributed by atoms with Crippen LogP contribution >= 0.6 is 11.6 Å². The normalized spacial score (nSPS) is 10.5. The monoisotopic (exact) mass is 177 g/mol. The highest BCUT2D eigenvalue weighted by Gasteiger charge is 1.95. The Morgan fingerprint density at radius 1 is 1.17 bits per heavy atom. The molecular formula is C10H8ClN. The Kier molecular flexibility index (Phi) is 1.74. The highest BCUT2D eigenvalue weighted by Crippen LogP contribution is 2.16. The Morgan fingerprint density at radius 3 is 2.83 bits per heavy atom. The van der Waals surface area contributed by atoms with Gasteiger partial charge in [0.25, 0.3) is 0 Å². The number of fused-ring (bicyclic) bond motifs is 1. The third-order valence-corrected chi connectivity index (χ3v) is 2.02. The molecule has 1 aromatic heterocycles. The van der Waals surface area contributed by atoms with Gasteiger partial charge in [0.1, 0.15) is 5.15 Å². The predicted octanol–water partition coefficient (Wildman–Crippen LogP) is 3.20. The van der Waals surface area contributed by atoms with Crippen molar-refractivity contribution in [1.82, 2.24) is 4.98 Å². The van der Waals surface area contributed by atoms with Gasteiger partial charge in [-0.25, -0.2) is 4.98 Å². The summed E-state index contributed by atoms with van der Waals surface area (Å²) in [5, 5.41) is 1.69. The molecule has 0 saturated heterocycles. The summed E-state index contributed by atoms with van der Waals surface area (Å²) in [6.45, 7) is 2.06. The van der Waals surface area contributed by atoms with Gasteiger partial charge in [-0.05, 0) is 31.2 Å². The van der Waals surface area contributed by atoms with Gasteiger partial charge in [0, 0.05) is 5.39 Å². The second-order valence-corrected chi connectivity index (χ2v) is 3.22. The average Bonchev–Trinajstić information content (AvgIpc) is 2.05. The molecule has 0 radical (unpaired) electrons. The van der Waals surface area contributed by atoms with Crippen molar-refractivity contribution < 1.29 is 0 Å². The summed E-state index contributed by atoms with van der Waals surface area (Å²) in [6, 6.07) is 9.90. The zero-order valence-corrected chi connectivity index (χ0v) is 7.47. The topological polar surface area (TPSA) is 12.9 Å². The van der Waals surface area contributed by atoms with Crippen molar-refractivity contribution in [1.29, 1.82) is 0 Å². The zero-order valence-electron chi connectivity index (χ0n) is 6.71. The van der Waals surface area contributed by atoms with E-state index >= 15 is 0 Å². The first-order chi connectivity index (χ1) is 5.75. The molecule has 0 atom stereocenters. The molecule has 1 heterocycles. The van der Waals surface area contributed by atoms with E-state index in [9.17, 15) is 0 Å². The SMILES string of the molecule is Cc1ccc2nc(Cl)ccc2c1. The fraction of sp³-hybridized carbons (Fsp3) is 0.100. The van der Waals surface area contributed by atoms with Gasteiger partial charge in [0.05, 0.1) is 5.52 Å². The van der Waals surface area contributed by atoms with Crippen molar-refractivity contribution in [3.05, 3.63) is 41.0 Å². The van der Waals surface area contributed by atoms with E-state index < -0.39 is 0 Å². The molecule has 2 aromatic rings. The van der Waals surface area contributed by atoms with E-state index in [1.807, 2.05) is 24.3 Å². The van der Waals surface area contributed by atoms with Crippen molar-refractivity contribution in [3.8, 4) is 0 Å². The molecule has 2 rings (SSSR count). The van der Waals surface area contributed by atoms with Gasteiger partial charge in [-0.3, -0.25) is 0 Å². The van der Waals surface area contributed by atoms with E-state index in [0.29, 0.717) is 5.15 Å². The Morgan fingerprint density at radius 2 is 2.00 bits per heavy atom. The fourth-order valence-corrected chi connectivity index (χ4v) is 1.37. The van der Waals surface area contributed by atoms with E-state index in [2.05, 4.69) is 18.0 Å². The first kappa shape index (κ1) is 7.56. The lowest BCUT2D eigenvalue weighted by molar-refractivity contribution is 1.39. The van der Waals surface area contributed by atoms with E-state index in [4.69, 9.17) is 11.6 Å². The van der Waals surface area contributed by atoms with Gasteiger partial charge < -0.3 is 0 Å². The van der Waals surface area contributed by atoms with E-state index in [0.717, 1.165) is 10.9 Å². The maximum absolute atomic E-state index is 5.75. The molecular weight excluding hydrogens is 170 g/mol.